The second kappa shape index (κ2) is 6.65. The van der Waals surface area contributed by atoms with Gasteiger partial charge in [0.25, 0.3) is 0 Å². The number of aliphatic carboxylic acids is 1. The Labute approximate surface area is 133 Å². The molecule has 0 bridgehead atoms. The molecule has 0 spiro atoms. The Morgan fingerprint density at radius 2 is 1.78 bits per heavy atom. The highest BCUT2D eigenvalue weighted by Crippen LogP contribution is 2.30. The van der Waals surface area contributed by atoms with Crippen molar-refractivity contribution in [3.63, 3.8) is 0 Å². The lowest BCUT2D eigenvalue weighted by molar-refractivity contribution is -0.154. The number of primary amides is 1. The van der Waals surface area contributed by atoms with Crippen LogP contribution in [0, 0.1) is 5.41 Å². The normalized spacial score (nSPS) is 17.6. The van der Waals surface area contributed by atoms with Crippen molar-refractivity contribution in [3.05, 3.63) is 29.8 Å². The summed E-state index contributed by atoms with van der Waals surface area (Å²) in [6, 6.07) is 5.11. The minimum Gasteiger partial charge on any atom is -0.481 e. The number of carboxylic acid groups (broad SMARTS) is 1. The van der Waals surface area contributed by atoms with E-state index in [0.717, 1.165) is 0 Å². The minimum absolute atomic E-state index is 0.0601. The fourth-order valence-electron chi connectivity index (χ4n) is 2.34. The number of amides is 1. The molecule has 1 aliphatic rings. The third-order valence-corrected chi connectivity index (χ3v) is 5.37. The molecule has 0 atom stereocenters. The van der Waals surface area contributed by atoms with E-state index in [1.165, 1.54) is 24.3 Å². The highest BCUT2D eigenvalue weighted by molar-refractivity contribution is 7.89. The average Bonchev–Trinajstić information content (AvgIpc) is 2.54. The number of benzene rings is 1. The van der Waals surface area contributed by atoms with E-state index in [4.69, 9.17) is 10.5 Å². The summed E-state index contributed by atoms with van der Waals surface area (Å²) < 4.78 is 32.0. The van der Waals surface area contributed by atoms with E-state index < -0.39 is 27.3 Å². The summed E-state index contributed by atoms with van der Waals surface area (Å²) in [5, 5.41) is 9.41. The molecular formula is C14H18N2O6S. The maximum Gasteiger partial charge on any atom is 0.311 e. The third-order valence-electron chi connectivity index (χ3n) is 3.95. The standard InChI is InChI=1S/C14H18N2O6S/c15-12(17)10-1-3-11(4-2-10)23(20,21)16-9-14(13(18)19)5-7-22-8-6-14/h1-4,16H,5-9H2,(H2,15,17)(H,18,19). The second-order valence-corrected chi connectivity index (χ2v) is 7.18. The highest BCUT2D eigenvalue weighted by Gasteiger charge is 2.41. The number of hydrogen-bond donors (Lipinski definition) is 3. The molecule has 126 valence electrons. The van der Waals surface area contributed by atoms with Gasteiger partial charge in [-0.3, -0.25) is 9.59 Å². The van der Waals surface area contributed by atoms with Crippen LogP contribution in [0.5, 0.6) is 0 Å². The van der Waals surface area contributed by atoms with Gasteiger partial charge in [0.05, 0.1) is 10.3 Å². The summed E-state index contributed by atoms with van der Waals surface area (Å²) in [7, 11) is -3.88. The first-order chi connectivity index (χ1) is 10.8. The molecule has 1 aromatic carbocycles. The van der Waals surface area contributed by atoms with E-state index in [-0.39, 0.29) is 43.1 Å². The van der Waals surface area contributed by atoms with Crippen molar-refractivity contribution in [1.29, 1.82) is 0 Å². The molecule has 1 aromatic rings. The highest BCUT2D eigenvalue weighted by atomic mass is 32.2. The zero-order valence-corrected chi connectivity index (χ0v) is 13.1. The van der Waals surface area contributed by atoms with Gasteiger partial charge in [0, 0.05) is 25.3 Å². The Balaban J connectivity index is 2.14. The van der Waals surface area contributed by atoms with Crippen molar-refractivity contribution in [2.75, 3.05) is 19.8 Å². The molecule has 1 saturated heterocycles. The lowest BCUT2D eigenvalue weighted by atomic mass is 9.80. The molecule has 0 saturated carbocycles. The van der Waals surface area contributed by atoms with Crippen LogP contribution < -0.4 is 10.5 Å². The number of nitrogens with one attached hydrogen (secondary N) is 1. The van der Waals surface area contributed by atoms with Crippen LogP contribution in [0.2, 0.25) is 0 Å². The molecule has 1 aliphatic heterocycles. The van der Waals surface area contributed by atoms with Gasteiger partial charge >= 0.3 is 5.97 Å². The molecule has 0 radical (unpaired) electrons. The first-order valence-electron chi connectivity index (χ1n) is 6.98. The summed E-state index contributed by atoms with van der Waals surface area (Å²) in [5.41, 5.74) is 4.12. The molecule has 0 aliphatic carbocycles. The minimum atomic E-state index is -3.88. The predicted octanol–water partition coefficient (Wildman–Crippen LogP) is -0.0548. The van der Waals surface area contributed by atoms with Crippen molar-refractivity contribution in [1.82, 2.24) is 4.72 Å². The zero-order valence-electron chi connectivity index (χ0n) is 12.3. The summed E-state index contributed by atoms with van der Waals surface area (Å²) in [4.78, 5) is 22.4. The number of rotatable bonds is 6. The Bertz CT molecular complexity index is 692. The van der Waals surface area contributed by atoms with E-state index in [0.29, 0.717) is 0 Å². The van der Waals surface area contributed by atoms with Gasteiger partial charge in [-0.2, -0.15) is 0 Å². The Morgan fingerprint density at radius 1 is 1.22 bits per heavy atom. The van der Waals surface area contributed by atoms with Gasteiger partial charge in [0.2, 0.25) is 15.9 Å². The summed E-state index contributed by atoms with van der Waals surface area (Å²) in [6.45, 7) is 0.342. The molecule has 23 heavy (non-hydrogen) atoms. The first kappa shape index (κ1) is 17.4. The van der Waals surface area contributed by atoms with E-state index in [9.17, 15) is 23.1 Å². The number of nitrogens with two attached hydrogens (primary N) is 1. The van der Waals surface area contributed by atoms with Crippen LogP contribution in [-0.4, -0.2) is 45.2 Å². The van der Waals surface area contributed by atoms with Crippen LogP contribution >= 0.6 is 0 Å². The van der Waals surface area contributed by atoms with Crippen LogP contribution in [-0.2, 0) is 19.6 Å². The number of carbonyl (C=O) groups is 2. The molecule has 4 N–H and O–H groups in total. The van der Waals surface area contributed by atoms with Crippen molar-refractivity contribution in [2.24, 2.45) is 11.1 Å². The van der Waals surface area contributed by atoms with E-state index >= 15 is 0 Å². The van der Waals surface area contributed by atoms with Crippen LogP contribution in [0.1, 0.15) is 23.2 Å². The maximum absolute atomic E-state index is 12.3. The molecule has 1 amide bonds. The smallest absolute Gasteiger partial charge is 0.311 e. The molecule has 2 rings (SSSR count). The van der Waals surface area contributed by atoms with Crippen molar-refractivity contribution in [3.8, 4) is 0 Å². The topological polar surface area (TPSA) is 136 Å². The maximum atomic E-state index is 12.3. The van der Waals surface area contributed by atoms with E-state index in [1.807, 2.05) is 0 Å². The van der Waals surface area contributed by atoms with Crippen molar-refractivity contribution >= 4 is 21.9 Å². The Kier molecular flexibility index (Phi) is 5.03. The van der Waals surface area contributed by atoms with Crippen molar-refractivity contribution in [2.45, 2.75) is 17.7 Å². The number of sulfonamides is 1. The molecule has 9 heteroatoms. The van der Waals surface area contributed by atoms with Gasteiger partial charge in [-0.1, -0.05) is 0 Å². The predicted molar refractivity (Wildman–Crippen MR) is 80.3 cm³/mol. The zero-order chi connectivity index (χ0) is 17.1. The molecule has 0 aromatic heterocycles. The number of carboxylic acids is 1. The van der Waals surface area contributed by atoms with Gasteiger partial charge in [-0.25, -0.2) is 13.1 Å². The Morgan fingerprint density at radius 3 is 2.26 bits per heavy atom. The average molecular weight is 342 g/mol. The van der Waals surface area contributed by atoms with Crippen LogP contribution in [0.3, 0.4) is 0 Å². The summed E-state index contributed by atoms with van der Waals surface area (Å²) in [6.07, 6.45) is 0.483. The van der Waals surface area contributed by atoms with Gasteiger partial charge in [0.1, 0.15) is 0 Å². The summed E-state index contributed by atoms with van der Waals surface area (Å²) >= 11 is 0. The number of carbonyl (C=O) groups excluding carboxylic acids is 1. The fourth-order valence-corrected chi connectivity index (χ4v) is 3.47. The fraction of sp³-hybridized carbons (Fsp3) is 0.429. The van der Waals surface area contributed by atoms with Crippen LogP contribution in [0.4, 0.5) is 0 Å². The quantitative estimate of drug-likeness (QED) is 0.663. The molecule has 1 fully saturated rings. The lowest BCUT2D eigenvalue weighted by Crippen LogP contribution is -2.46. The molecular weight excluding hydrogens is 324 g/mol. The van der Waals surface area contributed by atoms with Crippen LogP contribution in [0.25, 0.3) is 0 Å². The van der Waals surface area contributed by atoms with Gasteiger partial charge in [-0.15, -0.1) is 0 Å². The van der Waals surface area contributed by atoms with Gasteiger partial charge in [-0.05, 0) is 37.1 Å². The van der Waals surface area contributed by atoms with Gasteiger partial charge < -0.3 is 15.6 Å². The molecule has 8 nitrogen and oxygen atoms in total. The van der Waals surface area contributed by atoms with Crippen LogP contribution in [0.15, 0.2) is 29.2 Å². The first-order valence-corrected chi connectivity index (χ1v) is 8.46. The van der Waals surface area contributed by atoms with E-state index in [2.05, 4.69) is 4.72 Å². The van der Waals surface area contributed by atoms with Gasteiger partial charge in [0.15, 0.2) is 0 Å². The second-order valence-electron chi connectivity index (χ2n) is 5.41. The number of hydrogen-bond acceptors (Lipinski definition) is 5. The number of ether oxygens (including phenoxy) is 1. The van der Waals surface area contributed by atoms with E-state index in [1.54, 1.807) is 0 Å². The molecule has 1 heterocycles. The Hall–Kier alpha value is -1.97. The SMILES string of the molecule is NC(=O)c1ccc(S(=O)(=O)NCC2(C(=O)O)CCOCC2)cc1. The monoisotopic (exact) mass is 342 g/mol. The largest absolute Gasteiger partial charge is 0.481 e. The lowest BCUT2D eigenvalue weighted by Gasteiger charge is -2.33. The van der Waals surface area contributed by atoms with Crippen molar-refractivity contribution < 1.29 is 27.9 Å². The summed E-state index contributed by atoms with van der Waals surface area (Å²) in [5.74, 6) is -1.71. The third kappa shape index (κ3) is 3.87. The molecule has 0 unspecified atom stereocenters.